The van der Waals surface area contributed by atoms with Crippen LogP contribution in [0.25, 0.3) is 11.3 Å². The fraction of sp³-hybridized carbons (Fsp3) is 0.342. The molecule has 1 saturated heterocycles. The summed E-state index contributed by atoms with van der Waals surface area (Å²) in [5, 5.41) is 8.28. The highest BCUT2D eigenvalue weighted by atomic mass is 32.2. The van der Waals surface area contributed by atoms with Crippen LogP contribution >= 0.6 is 0 Å². The number of hydrogen-bond acceptors (Lipinski definition) is 6. The molecule has 0 spiro atoms. The number of aryl methyl sites for hydroxylation is 1. The Kier molecular flexibility index (Phi) is 12.5. The van der Waals surface area contributed by atoms with Gasteiger partial charge in [-0.2, -0.15) is 0 Å². The summed E-state index contributed by atoms with van der Waals surface area (Å²) in [7, 11) is -3.77. The molecule has 1 fully saturated rings. The zero-order chi connectivity index (χ0) is 33.8. The molecule has 0 unspecified atom stereocenters. The smallest absolute Gasteiger partial charge is 0.238 e. The second kappa shape index (κ2) is 17.1. The predicted octanol–water partition coefficient (Wildman–Crippen LogP) is 4.74. The summed E-state index contributed by atoms with van der Waals surface area (Å²) in [4.78, 5) is 35.3. The number of carbonyl (C=O) groups excluding carboxylic acids is 2. The minimum Gasteiger partial charge on any atom is -0.354 e. The molecule has 0 aliphatic carbocycles. The van der Waals surface area contributed by atoms with Crippen molar-refractivity contribution in [3.63, 3.8) is 0 Å². The van der Waals surface area contributed by atoms with Gasteiger partial charge in [0.25, 0.3) is 0 Å². The van der Waals surface area contributed by atoms with Crippen LogP contribution in [0.4, 0.5) is 0 Å². The molecule has 3 aromatic carbocycles. The quantitative estimate of drug-likeness (QED) is 0.178. The maximum absolute atomic E-state index is 13.6. The minimum absolute atomic E-state index is 0.0340. The number of pyridine rings is 1. The van der Waals surface area contributed by atoms with Gasteiger partial charge in [0.05, 0.1) is 22.7 Å². The molecule has 9 nitrogen and oxygen atoms in total. The number of nitrogens with one attached hydrogen (secondary N) is 1. The van der Waals surface area contributed by atoms with Crippen LogP contribution in [0, 0.1) is 0 Å². The van der Waals surface area contributed by atoms with Crippen molar-refractivity contribution >= 4 is 21.8 Å². The number of nitrogens with zero attached hydrogens (tertiary/aromatic N) is 3. The molecular weight excluding hydrogens is 623 g/mol. The summed E-state index contributed by atoms with van der Waals surface area (Å²) < 4.78 is 23.4. The number of nitrogens with two attached hydrogens (primary N) is 1. The first-order chi connectivity index (χ1) is 23.2. The van der Waals surface area contributed by atoms with Crippen molar-refractivity contribution < 1.29 is 18.0 Å². The van der Waals surface area contributed by atoms with Crippen molar-refractivity contribution in [1.29, 1.82) is 0 Å². The van der Waals surface area contributed by atoms with Crippen molar-refractivity contribution in [3.8, 4) is 11.3 Å². The molecule has 2 heterocycles. The van der Waals surface area contributed by atoms with Crippen LogP contribution in [-0.4, -0.2) is 67.7 Å². The molecule has 1 aliphatic rings. The van der Waals surface area contributed by atoms with Crippen LogP contribution < -0.4 is 10.5 Å². The number of aromatic nitrogens is 1. The summed E-state index contributed by atoms with van der Waals surface area (Å²) >= 11 is 0. The summed E-state index contributed by atoms with van der Waals surface area (Å²) in [6.45, 7) is 4.63. The van der Waals surface area contributed by atoms with Gasteiger partial charge in [-0.25, -0.2) is 13.6 Å². The van der Waals surface area contributed by atoms with E-state index in [0.29, 0.717) is 38.2 Å². The molecule has 1 aromatic heterocycles. The summed E-state index contributed by atoms with van der Waals surface area (Å²) in [6, 6.07) is 30.4. The van der Waals surface area contributed by atoms with Gasteiger partial charge in [-0.05, 0) is 92.2 Å². The van der Waals surface area contributed by atoms with Crippen molar-refractivity contribution in [3.05, 3.63) is 119 Å². The second-order valence-electron chi connectivity index (χ2n) is 12.4. The number of rotatable bonds is 16. The summed E-state index contributed by atoms with van der Waals surface area (Å²) in [5.74, 6) is 0.0293. The average Bonchev–Trinajstić information content (AvgIpc) is 3.61. The zero-order valence-electron chi connectivity index (χ0n) is 27.4. The molecule has 1 aliphatic heterocycles. The lowest BCUT2D eigenvalue weighted by atomic mass is 10.0. The molecule has 5 rings (SSSR count). The van der Waals surface area contributed by atoms with E-state index in [1.807, 2.05) is 65.6 Å². The number of benzene rings is 3. The Morgan fingerprint density at radius 1 is 0.833 bits per heavy atom. The third-order valence-corrected chi connectivity index (χ3v) is 9.60. The maximum Gasteiger partial charge on any atom is 0.238 e. The fourth-order valence-corrected chi connectivity index (χ4v) is 6.54. The van der Waals surface area contributed by atoms with Gasteiger partial charge in [-0.15, -0.1) is 0 Å². The number of primary sulfonamides is 1. The van der Waals surface area contributed by atoms with Crippen molar-refractivity contribution in [2.45, 2.75) is 56.4 Å². The standard InChI is InChI=1S/C38H45N5O4S/c39-48(46,47)35-19-17-31(18-20-35)21-25-43(38(45)16-7-11-30-9-2-1-3-10-30)29-32-12-6-13-33(27-32)36-15-8-14-34(41-36)28-37(44)40-22-26-42-23-4-5-24-42/h1-3,6,8-10,12-15,17-20,27H,4-5,7,11,16,21-26,28-29H2,(H,40,44)(H2,39,46,47). The van der Waals surface area contributed by atoms with Crippen LogP contribution in [-0.2, 0) is 45.4 Å². The molecule has 4 aromatic rings. The maximum atomic E-state index is 13.6. The molecule has 2 amide bonds. The lowest BCUT2D eigenvalue weighted by Crippen LogP contribution is -2.34. The largest absolute Gasteiger partial charge is 0.354 e. The van der Waals surface area contributed by atoms with Gasteiger partial charge in [0.2, 0.25) is 21.8 Å². The van der Waals surface area contributed by atoms with E-state index in [4.69, 9.17) is 10.1 Å². The molecule has 0 saturated carbocycles. The Balaban J connectivity index is 1.23. The van der Waals surface area contributed by atoms with E-state index in [1.54, 1.807) is 12.1 Å². The van der Waals surface area contributed by atoms with E-state index in [0.717, 1.165) is 54.9 Å². The van der Waals surface area contributed by atoms with Gasteiger partial charge >= 0.3 is 0 Å². The molecule has 0 radical (unpaired) electrons. The molecular formula is C38H45N5O4S. The first-order valence-electron chi connectivity index (χ1n) is 16.7. The van der Waals surface area contributed by atoms with Crippen LogP contribution in [0.1, 0.15) is 48.1 Å². The average molecular weight is 668 g/mol. The van der Waals surface area contributed by atoms with Crippen LogP contribution in [0.5, 0.6) is 0 Å². The van der Waals surface area contributed by atoms with E-state index < -0.39 is 10.0 Å². The molecule has 0 atom stereocenters. The SMILES string of the molecule is NS(=O)(=O)c1ccc(CCN(Cc2cccc(-c3cccc(CC(=O)NCCN4CCCC4)n3)c2)C(=O)CCCc2ccccc2)cc1. The van der Waals surface area contributed by atoms with Crippen molar-refractivity contribution in [2.24, 2.45) is 5.14 Å². The Labute approximate surface area is 284 Å². The molecule has 252 valence electrons. The highest BCUT2D eigenvalue weighted by molar-refractivity contribution is 7.89. The Bertz CT molecular complexity index is 1760. The van der Waals surface area contributed by atoms with E-state index in [9.17, 15) is 18.0 Å². The number of sulfonamides is 1. The van der Waals surface area contributed by atoms with Gasteiger partial charge in [0.1, 0.15) is 0 Å². The predicted molar refractivity (Wildman–Crippen MR) is 188 cm³/mol. The van der Waals surface area contributed by atoms with Crippen molar-refractivity contribution in [2.75, 3.05) is 32.7 Å². The van der Waals surface area contributed by atoms with Gasteiger partial charge in [0, 0.05) is 38.2 Å². The lowest BCUT2D eigenvalue weighted by molar-refractivity contribution is -0.132. The van der Waals surface area contributed by atoms with Crippen LogP contribution in [0.15, 0.2) is 102 Å². The van der Waals surface area contributed by atoms with Crippen LogP contribution in [0.2, 0.25) is 0 Å². The van der Waals surface area contributed by atoms with Gasteiger partial charge in [0.15, 0.2) is 0 Å². The minimum atomic E-state index is -3.77. The van der Waals surface area contributed by atoms with Gasteiger partial charge in [-0.3, -0.25) is 14.6 Å². The highest BCUT2D eigenvalue weighted by Gasteiger charge is 2.16. The van der Waals surface area contributed by atoms with E-state index in [2.05, 4.69) is 22.3 Å². The molecule has 10 heteroatoms. The summed E-state index contributed by atoms with van der Waals surface area (Å²) in [6.07, 6.45) is 5.23. The third kappa shape index (κ3) is 10.8. The fourth-order valence-electron chi connectivity index (χ4n) is 6.02. The van der Waals surface area contributed by atoms with E-state index in [1.165, 1.54) is 30.5 Å². The first kappa shape index (κ1) is 34.9. The Hall–Kier alpha value is -4.38. The van der Waals surface area contributed by atoms with Crippen LogP contribution in [0.3, 0.4) is 0 Å². The number of hydrogen-bond donors (Lipinski definition) is 2. The number of carbonyl (C=O) groups is 2. The van der Waals surface area contributed by atoms with Gasteiger partial charge < -0.3 is 15.1 Å². The Morgan fingerprint density at radius 3 is 2.29 bits per heavy atom. The molecule has 3 N–H and O–H groups in total. The highest BCUT2D eigenvalue weighted by Crippen LogP contribution is 2.21. The van der Waals surface area contributed by atoms with Crippen molar-refractivity contribution in [1.82, 2.24) is 20.1 Å². The third-order valence-electron chi connectivity index (χ3n) is 8.67. The molecule has 0 bridgehead atoms. The van der Waals surface area contributed by atoms with E-state index >= 15 is 0 Å². The van der Waals surface area contributed by atoms with E-state index in [-0.39, 0.29) is 23.1 Å². The zero-order valence-corrected chi connectivity index (χ0v) is 28.2. The van der Waals surface area contributed by atoms with Gasteiger partial charge in [-0.1, -0.05) is 66.7 Å². The molecule has 48 heavy (non-hydrogen) atoms. The second-order valence-corrected chi connectivity index (χ2v) is 13.9. The number of amides is 2. The monoisotopic (exact) mass is 667 g/mol. The number of likely N-dealkylation sites (tertiary alicyclic amines) is 1. The lowest BCUT2D eigenvalue weighted by Gasteiger charge is -2.23. The topological polar surface area (TPSA) is 126 Å². The summed E-state index contributed by atoms with van der Waals surface area (Å²) in [5.41, 5.74) is 5.49. The normalized spacial score (nSPS) is 13.4. The first-order valence-corrected chi connectivity index (χ1v) is 18.3. The Morgan fingerprint density at radius 2 is 1.54 bits per heavy atom.